The first-order chi connectivity index (χ1) is 5.48. The van der Waals surface area contributed by atoms with Gasteiger partial charge >= 0.3 is 0 Å². The first kappa shape index (κ1) is 11.9. The van der Waals surface area contributed by atoms with Gasteiger partial charge in [-0.3, -0.25) is 0 Å². The van der Waals surface area contributed by atoms with Gasteiger partial charge in [0.1, 0.15) is 0 Å². The maximum absolute atomic E-state index is 4.95. The Labute approximate surface area is 76.7 Å². The molecule has 0 amide bonds. The summed E-state index contributed by atoms with van der Waals surface area (Å²) in [6.45, 7) is 11.9. The monoisotopic (exact) mass is 173 g/mol. The van der Waals surface area contributed by atoms with Crippen molar-refractivity contribution < 1.29 is 4.74 Å². The third-order valence-electron chi connectivity index (χ3n) is 2.41. The van der Waals surface area contributed by atoms with Crippen LogP contribution < -0.4 is 5.32 Å². The minimum Gasteiger partial charge on any atom is -0.383 e. The Morgan fingerprint density at radius 2 is 1.92 bits per heavy atom. The number of ether oxygens (including phenoxy) is 1. The second-order valence-corrected chi connectivity index (χ2v) is 4.46. The summed E-state index contributed by atoms with van der Waals surface area (Å²) in [7, 11) is 1.73. The number of methoxy groups -OCH3 is 1. The van der Waals surface area contributed by atoms with Gasteiger partial charge in [-0.1, -0.05) is 27.7 Å². The molecule has 0 rings (SSSR count). The van der Waals surface area contributed by atoms with E-state index in [2.05, 4.69) is 33.0 Å². The molecule has 0 aromatic rings. The van der Waals surface area contributed by atoms with Crippen molar-refractivity contribution in [1.82, 2.24) is 5.32 Å². The summed E-state index contributed by atoms with van der Waals surface area (Å²) in [6.07, 6.45) is 0. The Bertz CT molecular complexity index is 107. The zero-order chi connectivity index (χ0) is 9.61. The lowest BCUT2D eigenvalue weighted by molar-refractivity contribution is 0.190. The summed E-state index contributed by atoms with van der Waals surface area (Å²) >= 11 is 0. The third kappa shape index (κ3) is 5.56. The molecule has 2 nitrogen and oxygen atoms in total. The molecule has 2 heteroatoms. The lowest BCUT2D eigenvalue weighted by atomic mass is 9.82. The minimum absolute atomic E-state index is 0.403. The van der Waals surface area contributed by atoms with Crippen molar-refractivity contribution in [3.05, 3.63) is 0 Å². The van der Waals surface area contributed by atoms with Gasteiger partial charge in [-0.15, -0.1) is 0 Å². The summed E-state index contributed by atoms with van der Waals surface area (Å²) in [4.78, 5) is 0. The van der Waals surface area contributed by atoms with Crippen molar-refractivity contribution >= 4 is 0 Å². The molecule has 1 atom stereocenters. The molecule has 0 heterocycles. The molecule has 0 aromatic carbocycles. The van der Waals surface area contributed by atoms with Gasteiger partial charge in [0.25, 0.3) is 0 Å². The fraction of sp³-hybridized carbons (Fsp3) is 1.00. The summed E-state index contributed by atoms with van der Waals surface area (Å²) in [5.41, 5.74) is 0.403. The molecule has 1 N–H and O–H groups in total. The molecule has 0 aliphatic carbocycles. The van der Waals surface area contributed by atoms with E-state index in [1.807, 2.05) is 0 Å². The Morgan fingerprint density at radius 1 is 1.33 bits per heavy atom. The highest BCUT2D eigenvalue weighted by Crippen LogP contribution is 2.24. The topological polar surface area (TPSA) is 21.3 Å². The molecule has 0 radical (unpaired) electrons. The zero-order valence-corrected chi connectivity index (χ0v) is 9.11. The van der Waals surface area contributed by atoms with Crippen LogP contribution in [-0.4, -0.2) is 26.8 Å². The molecule has 0 aliphatic heterocycles. The largest absolute Gasteiger partial charge is 0.383 e. The highest BCUT2D eigenvalue weighted by molar-refractivity contribution is 4.71. The van der Waals surface area contributed by atoms with E-state index in [0.29, 0.717) is 11.3 Å². The molecule has 0 aromatic heterocycles. The molecular weight excluding hydrogens is 150 g/mol. The summed E-state index contributed by atoms with van der Waals surface area (Å²) in [5.74, 6) is 0.703. The molecule has 0 spiro atoms. The van der Waals surface area contributed by atoms with Gasteiger partial charge in [-0.25, -0.2) is 0 Å². The fourth-order valence-corrected chi connectivity index (χ4v) is 0.799. The van der Waals surface area contributed by atoms with Crippen LogP contribution in [0.25, 0.3) is 0 Å². The van der Waals surface area contributed by atoms with E-state index >= 15 is 0 Å². The molecule has 1 unspecified atom stereocenters. The van der Waals surface area contributed by atoms with Gasteiger partial charge in [0.2, 0.25) is 0 Å². The van der Waals surface area contributed by atoms with Crippen LogP contribution in [0.3, 0.4) is 0 Å². The zero-order valence-electron chi connectivity index (χ0n) is 9.11. The Hall–Kier alpha value is -0.0800. The van der Waals surface area contributed by atoms with Gasteiger partial charge < -0.3 is 10.1 Å². The summed E-state index contributed by atoms with van der Waals surface area (Å²) < 4.78 is 4.95. The van der Waals surface area contributed by atoms with Crippen LogP contribution in [0.15, 0.2) is 0 Å². The van der Waals surface area contributed by atoms with Crippen molar-refractivity contribution in [2.75, 3.05) is 26.8 Å². The third-order valence-corrected chi connectivity index (χ3v) is 2.41. The van der Waals surface area contributed by atoms with Gasteiger partial charge in [-0.2, -0.15) is 0 Å². The summed E-state index contributed by atoms with van der Waals surface area (Å²) in [6, 6.07) is 0. The highest BCUT2D eigenvalue weighted by Gasteiger charge is 2.18. The molecular formula is C10H23NO. The Kier molecular flexibility index (Phi) is 5.51. The van der Waals surface area contributed by atoms with Crippen LogP contribution in [0.4, 0.5) is 0 Å². The highest BCUT2D eigenvalue weighted by atomic mass is 16.5. The first-order valence-electron chi connectivity index (χ1n) is 4.68. The second-order valence-electron chi connectivity index (χ2n) is 4.46. The molecule has 0 saturated carbocycles. The van der Waals surface area contributed by atoms with Crippen molar-refractivity contribution in [3.8, 4) is 0 Å². The van der Waals surface area contributed by atoms with Crippen LogP contribution >= 0.6 is 0 Å². The number of hydrogen-bond acceptors (Lipinski definition) is 2. The molecule has 0 bridgehead atoms. The van der Waals surface area contributed by atoms with Crippen LogP contribution in [0.5, 0.6) is 0 Å². The molecule has 74 valence electrons. The lowest BCUT2D eigenvalue weighted by Gasteiger charge is -2.27. The van der Waals surface area contributed by atoms with Crippen LogP contribution in [-0.2, 0) is 4.74 Å². The van der Waals surface area contributed by atoms with Gasteiger partial charge in [0, 0.05) is 13.7 Å². The summed E-state index contributed by atoms with van der Waals surface area (Å²) in [5, 5.41) is 3.37. The molecule has 0 saturated heterocycles. The van der Waals surface area contributed by atoms with E-state index < -0.39 is 0 Å². The maximum Gasteiger partial charge on any atom is 0.0587 e. The SMILES string of the molecule is COCCNCC(C)C(C)(C)C. The predicted octanol–water partition coefficient (Wildman–Crippen LogP) is 1.90. The van der Waals surface area contributed by atoms with Crippen LogP contribution in [0.1, 0.15) is 27.7 Å². The van der Waals surface area contributed by atoms with E-state index in [1.54, 1.807) is 7.11 Å². The van der Waals surface area contributed by atoms with Crippen molar-refractivity contribution in [1.29, 1.82) is 0 Å². The maximum atomic E-state index is 4.95. The average Bonchev–Trinajstić information content (AvgIpc) is 1.96. The van der Waals surface area contributed by atoms with E-state index in [4.69, 9.17) is 4.74 Å². The Balaban J connectivity index is 3.38. The van der Waals surface area contributed by atoms with Crippen LogP contribution in [0.2, 0.25) is 0 Å². The van der Waals surface area contributed by atoms with Crippen molar-refractivity contribution in [2.45, 2.75) is 27.7 Å². The number of rotatable bonds is 5. The molecule has 12 heavy (non-hydrogen) atoms. The van der Waals surface area contributed by atoms with E-state index in [9.17, 15) is 0 Å². The quantitative estimate of drug-likeness (QED) is 0.641. The molecule has 0 aliphatic rings. The van der Waals surface area contributed by atoms with E-state index in [1.165, 1.54) is 0 Å². The average molecular weight is 173 g/mol. The van der Waals surface area contributed by atoms with Crippen LogP contribution in [0, 0.1) is 11.3 Å². The number of hydrogen-bond donors (Lipinski definition) is 1. The fourth-order valence-electron chi connectivity index (χ4n) is 0.799. The molecule has 0 fully saturated rings. The van der Waals surface area contributed by atoms with Gasteiger partial charge in [0.05, 0.1) is 6.61 Å². The predicted molar refractivity (Wildman–Crippen MR) is 53.4 cm³/mol. The lowest BCUT2D eigenvalue weighted by Crippen LogP contribution is -2.31. The van der Waals surface area contributed by atoms with Crippen molar-refractivity contribution in [2.24, 2.45) is 11.3 Å². The standard InChI is InChI=1S/C10H23NO/c1-9(10(2,3)4)8-11-6-7-12-5/h9,11H,6-8H2,1-5H3. The van der Waals surface area contributed by atoms with Crippen molar-refractivity contribution in [3.63, 3.8) is 0 Å². The van der Waals surface area contributed by atoms with E-state index in [0.717, 1.165) is 19.7 Å². The number of nitrogens with one attached hydrogen (secondary N) is 1. The minimum atomic E-state index is 0.403. The Morgan fingerprint density at radius 3 is 2.33 bits per heavy atom. The smallest absolute Gasteiger partial charge is 0.0587 e. The first-order valence-corrected chi connectivity index (χ1v) is 4.68. The van der Waals surface area contributed by atoms with E-state index in [-0.39, 0.29) is 0 Å². The normalized spacial score (nSPS) is 14.8. The van der Waals surface area contributed by atoms with Gasteiger partial charge in [0.15, 0.2) is 0 Å². The second kappa shape index (κ2) is 5.55. The van der Waals surface area contributed by atoms with Gasteiger partial charge in [-0.05, 0) is 17.9 Å².